The number of amides is 3. The molecular weight excluding hydrogens is 430 g/mol. The minimum Gasteiger partial charge on any atom is -0.377 e. The van der Waals surface area contributed by atoms with E-state index in [1.54, 1.807) is 0 Å². The summed E-state index contributed by atoms with van der Waals surface area (Å²) in [7, 11) is 3.95. The number of carbonyl (C=O) groups is 3. The van der Waals surface area contributed by atoms with Gasteiger partial charge in [0.2, 0.25) is 0 Å². The van der Waals surface area contributed by atoms with Crippen molar-refractivity contribution in [1.82, 2.24) is 5.06 Å². The van der Waals surface area contributed by atoms with Gasteiger partial charge in [-0.3, -0.25) is 14.9 Å². The largest absolute Gasteiger partial charge is 0.436 e. The lowest BCUT2D eigenvalue weighted by Gasteiger charge is -2.23. The second-order valence-electron chi connectivity index (χ2n) is 8.37. The van der Waals surface area contributed by atoms with E-state index in [1.807, 2.05) is 67.5 Å². The highest BCUT2D eigenvalue weighted by molar-refractivity contribution is 6.15. The molecule has 4 aromatic rings. The standard InChI is InChI=1S/C27H23N3O4/c1-29(2)22-14-12-18-8-4-6-10-20(18)26(22)25-19-9-5-3-7-17(19)11-13-21(25)28-27(33)34-30-23(31)15-16-24(30)32/h3-14H,15-16H2,1-2H3,(H,28,33). The van der Waals surface area contributed by atoms with E-state index >= 15 is 0 Å². The molecule has 0 unspecified atom stereocenters. The summed E-state index contributed by atoms with van der Waals surface area (Å²) in [4.78, 5) is 43.7. The molecule has 3 amide bonds. The van der Waals surface area contributed by atoms with E-state index < -0.39 is 17.9 Å². The monoisotopic (exact) mass is 453 g/mol. The molecule has 0 radical (unpaired) electrons. The van der Waals surface area contributed by atoms with Crippen LogP contribution in [0.1, 0.15) is 12.8 Å². The zero-order valence-corrected chi connectivity index (χ0v) is 18.9. The molecule has 1 fully saturated rings. The molecule has 0 bridgehead atoms. The molecule has 4 aromatic carbocycles. The van der Waals surface area contributed by atoms with Crippen LogP contribution in [0.4, 0.5) is 16.2 Å². The number of fused-ring (bicyclic) bond motifs is 2. The molecule has 170 valence electrons. The first kappa shape index (κ1) is 21.5. The first-order valence-electron chi connectivity index (χ1n) is 11.0. The first-order valence-corrected chi connectivity index (χ1v) is 11.0. The van der Waals surface area contributed by atoms with Crippen molar-refractivity contribution in [2.24, 2.45) is 0 Å². The molecule has 7 nitrogen and oxygen atoms in total. The Bertz CT molecular complexity index is 1450. The van der Waals surface area contributed by atoms with Crippen LogP contribution in [0.3, 0.4) is 0 Å². The Morgan fingerprint density at radius 2 is 1.35 bits per heavy atom. The summed E-state index contributed by atoms with van der Waals surface area (Å²) in [5, 5.41) is 7.38. The third-order valence-electron chi connectivity index (χ3n) is 5.98. The van der Waals surface area contributed by atoms with Crippen molar-refractivity contribution < 1.29 is 19.2 Å². The smallest absolute Gasteiger partial charge is 0.377 e. The van der Waals surface area contributed by atoms with Gasteiger partial charge >= 0.3 is 6.09 Å². The normalized spacial score (nSPS) is 13.5. The third kappa shape index (κ3) is 3.71. The Kier molecular flexibility index (Phi) is 5.37. The number of nitrogens with zero attached hydrogens (tertiary/aromatic N) is 2. The summed E-state index contributed by atoms with van der Waals surface area (Å²) in [6, 6.07) is 23.9. The highest BCUT2D eigenvalue weighted by Gasteiger charge is 2.33. The van der Waals surface area contributed by atoms with Gasteiger partial charge < -0.3 is 9.74 Å². The maximum Gasteiger partial charge on any atom is 0.436 e. The molecule has 0 aliphatic carbocycles. The quantitative estimate of drug-likeness (QED) is 0.422. The lowest BCUT2D eigenvalue weighted by Crippen LogP contribution is -2.34. The highest BCUT2D eigenvalue weighted by Crippen LogP contribution is 2.44. The maximum atomic E-state index is 12.8. The Labute approximate surface area is 196 Å². The fourth-order valence-corrected chi connectivity index (χ4v) is 4.41. The van der Waals surface area contributed by atoms with Crippen LogP contribution in [0.2, 0.25) is 0 Å². The molecule has 1 N–H and O–H groups in total. The summed E-state index contributed by atoms with van der Waals surface area (Å²) >= 11 is 0. The van der Waals surface area contributed by atoms with Gasteiger partial charge in [-0.15, -0.1) is 5.06 Å². The second-order valence-corrected chi connectivity index (χ2v) is 8.37. The Morgan fingerprint density at radius 1 is 0.794 bits per heavy atom. The minimum atomic E-state index is -0.897. The van der Waals surface area contributed by atoms with Crippen molar-refractivity contribution in [1.29, 1.82) is 0 Å². The fourth-order valence-electron chi connectivity index (χ4n) is 4.41. The van der Waals surface area contributed by atoms with Gasteiger partial charge in [0.25, 0.3) is 11.8 Å². The molecule has 1 heterocycles. The lowest BCUT2D eigenvalue weighted by atomic mass is 9.90. The Hall–Kier alpha value is -4.39. The summed E-state index contributed by atoms with van der Waals surface area (Å²) in [5.41, 5.74) is 3.29. The van der Waals surface area contributed by atoms with Crippen LogP contribution in [0.5, 0.6) is 0 Å². The van der Waals surface area contributed by atoms with Gasteiger partial charge in [-0.2, -0.15) is 0 Å². The van der Waals surface area contributed by atoms with Crippen molar-refractivity contribution in [2.75, 3.05) is 24.3 Å². The zero-order chi connectivity index (χ0) is 23.8. The number of hydroxylamine groups is 2. The average molecular weight is 453 g/mol. The van der Waals surface area contributed by atoms with Gasteiger partial charge in [0.15, 0.2) is 0 Å². The number of hydrogen-bond donors (Lipinski definition) is 1. The van der Waals surface area contributed by atoms with Crippen molar-refractivity contribution in [2.45, 2.75) is 12.8 Å². The van der Waals surface area contributed by atoms with Gasteiger partial charge in [0.1, 0.15) is 0 Å². The van der Waals surface area contributed by atoms with Crippen LogP contribution in [0.15, 0.2) is 72.8 Å². The first-order chi connectivity index (χ1) is 16.4. The SMILES string of the molecule is CN(C)c1ccc2ccccc2c1-c1c(NC(=O)ON2C(=O)CCC2=O)ccc2ccccc12. The van der Waals surface area contributed by atoms with Crippen LogP contribution in [0.25, 0.3) is 32.7 Å². The van der Waals surface area contributed by atoms with Gasteiger partial charge in [-0.05, 0) is 33.7 Å². The van der Waals surface area contributed by atoms with Crippen molar-refractivity contribution in [3.63, 3.8) is 0 Å². The van der Waals surface area contributed by atoms with Crippen molar-refractivity contribution in [3.05, 3.63) is 72.8 Å². The molecule has 1 aliphatic rings. The predicted molar refractivity (Wildman–Crippen MR) is 132 cm³/mol. The number of imide groups is 1. The molecule has 0 spiro atoms. The van der Waals surface area contributed by atoms with Crippen LogP contribution in [-0.4, -0.2) is 37.1 Å². The van der Waals surface area contributed by atoms with E-state index in [9.17, 15) is 14.4 Å². The number of hydrogen-bond acceptors (Lipinski definition) is 5. The fraction of sp³-hybridized carbons (Fsp3) is 0.148. The van der Waals surface area contributed by atoms with E-state index in [0.717, 1.165) is 38.4 Å². The van der Waals surface area contributed by atoms with Gasteiger partial charge in [-0.1, -0.05) is 60.7 Å². The molecule has 34 heavy (non-hydrogen) atoms. The number of benzene rings is 4. The average Bonchev–Trinajstić information content (AvgIpc) is 3.15. The summed E-state index contributed by atoms with van der Waals surface area (Å²) in [5.74, 6) is -1.05. The molecule has 1 aliphatic heterocycles. The molecule has 0 aromatic heterocycles. The van der Waals surface area contributed by atoms with E-state index in [2.05, 4.69) is 29.6 Å². The van der Waals surface area contributed by atoms with E-state index in [0.29, 0.717) is 10.8 Å². The number of anilines is 2. The van der Waals surface area contributed by atoms with Gasteiger partial charge in [0, 0.05) is 43.8 Å². The van der Waals surface area contributed by atoms with Crippen LogP contribution in [0, 0.1) is 0 Å². The molecule has 0 atom stereocenters. The van der Waals surface area contributed by atoms with E-state index in [4.69, 9.17) is 4.84 Å². The number of carbonyl (C=O) groups excluding carboxylic acids is 3. The molecule has 5 rings (SSSR count). The zero-order valence-electron chi connectivity index (χ0n) is 18.9. The molecular formula is C27H23N3O4. The Morgan fingerprint density at radius 3 is 1.97 bits per heavy atom. The summed E-state index contributed by atoms with van der Waals surface area (Å²) in [6.45, 7) is 0. The van der Waals surface area contributed by atoms with Crippen molar-refractivity contribution >= 4 is 50.8 Å². The highest BCUT2D eigenvalue weighted by atomic mass is 16.7. The van der Waals surface area contributed by atoms with Crippen molar-refractivity contribution in [3.8, 4) is 11.1 Å². The van der Waals surface area contributed by atoms with Crippen LogP contribution < -0.4 is 10.2 Å². The number of nitrogens with one attached hydrogen (secondary N) is 1. The lowest BCUT2D eigenvalue weighted by molar-refractivity contribution is -0.170. The number of rotatable bonds is 4. The minimum absolute atomic E-state index is 0.0372. The third-order valence-corrected chi connectivity index (χ3v) is 5.98. The van der Waals surface area contributed by atoms with Crippen LogP contribution >= 0.6 is 0 Å². The second kappa shape index (κ2) is 8.51. The van der Waals surface area contributed by atoms with E-state index in [-0.39, 0.29) is 12.8 Å². The molecule has 1 saturated heterocycles. The van der Waals surface area contributed by atoms with Crippen LogP contribution in [-0.2, 0) is 14.4 Å². The Balaban J connectivity index is 1.69. The predicted octanol–water partition coefficient (Wildman–Crippen LogP) is 5.34. The molecule has 0 saturated carbocycles. The van der Waals surface area contributed by atoms with Gasteiger partial charge in [-0.25, -0.2) is 4.79 Å². The summed E-state index contributed by atoms with van der Waals surface area (Å²) < 4.78 is 0. The van der Waals surface area contributed by atoms with Gasteiger partial charge in [0.05, 0.1) is 5.69 Å². The molecule has 7 heteroatoms. The summed E-state index contributed by atoms with van der Waals surface area (Å²) in [6.07, 6.45) is -0.822. The topological polar surface area (TPSA) is 79.0 Å². The van der Waals surface area contributed by atoms with E-state index in [1.165, 1.54) is 0 Å². The maximum absolute atomic E-state index is 12.8.